The van der Waals surface area contributed by atoms with Crippen molar-refractivity contribution >= 4 is 21.6 Å². The summed E-state index contributed by atoms with van der Waals surface area (Å²) in [4.78, 5) is 13.4. The molecule has 0 spiro atoms. The fourth-order valence-corrected chi connectivity index (χ4v) is 1.55. The normalized spacial score (nSPS) is 9.45. The number of benzene rings is 1. The Morgan fingerprint density at radius 2 is 2.36 bits per heavy atom. The molecule has 1 aromatic heterocycles. The summed E-state index contributed by atoms with van der Waals surface area (Å²) in [6.45, 7) is 0. The maximum atomic E-state index is 10.7. The van der Waals surface area contributed by atoms with Gasteiger partial charge in [0.2, 0.25) is 0 Å². The molecule has 0 unspecified atom stereocenters. The van der Waals surface area contributed by atoms with Crippen LogP contribution < -0.4 is 4.87 Å². The third kappa shape index (κ3) is 1.78. The number of fused-ring (bicyclic) bond motifs is 1. The van der Waals surface area contributed by atoms with E-state index in [1.807, 2.05) is 6.07 Å². The SMILES string of the molecule is O=c1[nH]c2cc[c-]cc2s1.[Y+3]. The summed E-state index contributed by atoms with van der Waals surface area (Å²) in [6.07, 6.45) is 0. The van der Waals surface area contributed by atoms with E-state index in [2.05, 4.69) is 11.1 Å². The molecular weight excluding hydrogens is 235 g/mol. The van der Waals surface area contributed by atoms with Crippen molar-refractivity contribution in [1.82, 2.24) is 4.98 Å². The van der Waals surface area contributed by atoms with E-state index in [0.29, 0.717) is 0 Å². The molecule has 0 aliphatic heterocycles. The third-order valence-electron chi connectivity index (χ3n) is 1.27. The first-order valence-corrected chi connectivity index (χ1v) is 3.67. The van der Waals surface area contributed by atoms with Gasteiger partial charge in [-0.1, -0.05) is 10.2 Å². The summed E-state index contributed by atoms with van der Waals surface area (Å²) < 4.78 is 0.965. The van der Waals surface area contributed by atoms with Gasteiger partial charge in [0.1, 0.15) is 0 Å². The first kappa shape index (κ1) is 9.10. The number of thiazole rings is 1. The molecule has 2 rings (SSSR count). The number of nitrogens with one attached hydrogen (secondary N) is 1. The van der Waals surface area contributed by atoms with E-state index in [9.17, 15) is 4.79 Å². The molecule has 4 heteroatoms. The van der Waals surface area contributed by atoms with Crippen molar-refractivity contribution in [2.45, 2.75) is 0 Å². The Hall–Kier alpha value is 0.0139. The Labute approximate surface area is 92.5 Å². The molecule has 0 aliphatic rings. The Morgan fingerprint density at radius 1 is 1.55 bits per heavy atom. The minimum Gasteiger partial charge on any atom is -0.336 e. The second kappa shape index (κ2) is 3.61. The van der Waals surface area contributed by atoms with Gasteiger partial charge in [0.25, 0.3) is 4.87 Å². The third-order valence-corrected chi connectivity index (χ3v) is 2.11. The van der Waals surface area contributed by atoms with Crippen LogP contribution in [0.1, 0.15) is 0 Å². The fourth-order valence-electron chi connectivity index (χ4n) is 0.838. The van der Waals surface area contributed by atoms with Gasteiger partial charge in [0.05, 0.1) is 0 Å². The average molecular weight is 239 g/mol. The van der Waals surface area contributed by atoms with E-state index in [0.717, 1.165) is 10.2 Å². The van der Waals surface area contributed by atoms with Gasteiger partial charge in [-0.3, -0.25) is 4.79 Å². The zero-order valence-corrected chi connectivity index (χ0v) is 9.28. The van der Waals surface area contributed by atoms with E-state index < -0.39 is 0 Å². The molecule has 0 radical (unpaired) electrons. The molecule has 11 heavy (non-hydrogen) atoms. The molecule has 0 amide bonds. The number of aromatic amines is 1. The molecule has 1 aromatic carbocycles. The average Bonchev–Trinajstić information content (AvgIpc) is 2.27. The first-order chi connectivity index (χ1) is 4.86. The van der Waals surface area contributed by atoms with Crippen LogP contribution in [0.4, 0.5) is 0 Å². The van der Waals surface area contributed by atoms with Crippen LogP contribution in [0.5, 0.6) is 0 Å². The van der Waals surface area contributed by atoms with Crippen molar-refractivity contribution in [3.05, 3.63) is 33.9 Å². The molecule has 0 saturated heterocycles. The van der Waals surface area contributed by atoms with E-state index in [1.165, 1.54) is 11.3 Å². The van der Waals surface area contributed by atoms with Crippen LogP contribution in [0.3, 0.4) is 0 Å². The summed E-state index contributed by atoms with van der Waals surface area (Å²) in [6, 6.07) is 8.33. The van der Waals surface area contributed by atoms with Gasteiger partial charge in [-0.15, -0.1) is 17.4 Å². The maximum absolute atomic E-state index is 10.7. The van der Waals surface area contributed by atoms with Crippen LogP contribution in [0.15, 0.2) is 23.0 Å². The molecule has 50 valence electrons. The molecule has 1 N–H and O–H groups in total. The molecule has 0 fully saturated rings. The number of hydrogen-bond donors (Lipinski definition) is 1. The van der Waals surface area contributed by atoms with Crippen molar-refractivity contribution in [2.75, 3.05) is 0 Å². The van der Waals surface area contributed by atoms with Crippen LogP contribution in [0.2, 0.25) is 0 Å². The Morgan fingerprint density at radius 3 is 3.09 bits per heavy atom. The summed E-state index contributed by atoms with van der Waals surface area (Å²) >= 11 is 1.21. The fraction of sp³-hybridized carbons (Fsp3) is 0. The maximum Gasteiger partial charge on any atom is 3.00 e. The van der Waals surface area contributed by atoms with E-state index in [-0.39, 0.29) is 37.6 Å². The summed E-state index contributed by atoms with van der Waals surface area (Å²) in [5.74, 6) is 0. The van der Waals surface area contributed by atoms with Crippen molar-refractivity contribution in [1.29, 1.82) is 0 Å². The molecule has 0 bridgehead atoms. The molecule has 2 aromatic rings. The van der Waals surface area contributed by atoms with Crippen LogP contribution in [0.25, 0.3) is 10.2 Å². The van der Waals surface area contributed by atoms with Gasteiger partial charge in [0.15, 0.2) is 0 Å². The van der Waals surface area contributed by atoms with Gasteiger partial charge in [-0.2, -0.15) is 18.2 Å². The van der Waals surface area contributed by atoms with E-state index in [1.54, 1.807) is 12.1 Å². The molecule has 1 heterocycles. The zero-order valence-electron chi connectivity index (χ0n) is 5.63. The molecule has 0 saturated carbocycles. The van der Waals surface area contributed by atoms with Gasteiger partial charge in [-0.05, 0) is 0 Å². The van der Waals surface area contributed by atoms with Gasteiger partial charge < -0.3 is 4.98 Å². The topological polar surface area (TPSA) is 32.9 Å². The minimum absolute atomic E-state index is 0. The zero-order chi connectivity index (χ0) is 6.97. The Bertz CT molecular complexity index is 370. The molecule has 0 atom stereocenters. The second-order valence-corrected chi connectivity index (χ2v) is 2.95. The first-order valence-electron chi connectivity index (χ1n) is 2.85. The second-order valence-electron chi connectivity index (χ2n) is 1.94. The quantitative estimate of drug-likeness (QED) is 0.692. The largest absolute Gasteiger partial charge is 3.00 e. The number of hydrogen-bond acceptors (Lipinski definition) is 2. The smallest absolute Gasteiger partial charge is 0.336 e. The summed E-state index contributed by atoms with van der Waals surface area (Å²) in [5, 5.41) is 0. The van der Waals surface area contributed by atoms with Crippen molar-refractivity contribution in [2.24, 2.45) is 0 Å². The monoisotopic (exact) mass is 239 g/mol. The molecule has 2 nitrogen and oxygen atoms in total. The van der Waals surface area contributed by atoms with Crippen molar-refractivity contribution in [3.63, 3.8) is 0 Å². The predicted molar refractivity (Wildman–Crippen MR) is 41.3 cm³/mol. The van der Waals surface area contributed by atoms with Gasteiger partial charge in [0, 0.05) is 0 Å². The Kier molecular flexibility index (Phi) is 2.99. The number of aromatic nitrogens is 1. The summed E-state index contributed by atoms with van der Waals surface area (Å²) in [5.41, 5.74) is 0.897. The van der Waals surface area contributed by atoms with E-state index in [4.69, 9.17) is 0 Å². The van der Waals surface area contributed by atoms with Gasteiger partial charge in [-0.25, -0.2) is 0 Å². The van der Waals surface area contributed by atoms with Crippen LogP contribution >= 0.6 is 11.3 Å². The van der Waals surface area contributed by atoms with Crippen LogP contribution in [-0.4, -0.2) is 4.98 Å². The number of rotatable bonds is 0. The minimum atomic E-state index is -0.00500. The predicted octanol–water partition coefficient (Wildman–Crippen LogP) is 1.39. The van der Waals surface area contributed by atoms with Crippen LogP contribution in [-0.2, 0) is 32.7 Å². The molecule has 0 aliphatic carbocycles. The van der Waals surface area contributed by atoms with E-state index >= 15 is 0 Å². The van der Waals surface area contributed by atoms with Crippen molar-refractivity contribution in [3.8, 4) is 0 Å². The van der Waals surface area contributed by atoms with Gasteiger partial charge >= 0.3 is 32.7 Å². The van der Waals surface area contributed by atoms with Crippen LogP contribution in [0, 0.1) is 6.07 Å². The summed E-state index contributed by atoms with van der Waals surface area (Å²) in [7, 11) is 0. The van der Waals surface area contributed by atoms with Crippen molar-refractivity contribution < 1.29 is 32.7 Å². The molecular formula is C7H4NOSY+2. The Balaban J connectivity index is 0.000000605. The number of H-pyrrole nitrogens is 1. The standard InChI is InChI=1S/C7H4NOS.Y/c9-7-8-5-3-1-2-4-6(5)10-7;/h1,3-4H,(H,8,9);/q-1;+3.